The molecule has 0 heterocycles. The van der Waals surface area contributed by atoms with Crippen molar-refractivity contribution in [1.29, 1.82) is 0 Å². The van der Waals surface area contributed by atoms with Gasteiger partial charge in [-0.1, -0.05) is 31.2 Å². The van der Waals surface area contributed by atoms with Crippen LogP contribution in [0.15, 0.2) is 60.7 Å². The smallest absolute Gasteiger partial charge is 0.335 e. The molecule has 1 unspecified atom stereocenters. The summed E-state index contributed by atoms with van der Waals surface area (Å²) in [4.78, 5) is 24.3. The molecule has 0 aliphatic carbocycles. The van der Waals surface area contributed by atoms with E-state index in [4.69, 9.17) is 0 Å². The Kier molecular flexibility index (Phi) is 9.09. The van der Waals surface area contributed by atoms with Crippen LogP contribution in [0.4, 0.5) is 8.78 Å². The lowest BCUT2D eigenvalue weighted by molar-refractivity contribution is 0.0696. The molecular formula is C28H30F2N2O3. The van der Waals surface area contributed by atoms with Crippen LogP contribution in [-0.4, -0.2) is 29.6 Å². The highest BCUT2D eigenvalue weighted by Gasteiger charge is 2.17. The minimum Gasteiger partial charge on any atom is -0.478 e. The van der Waals surface area contributed by atoms with Crippen molar-refractivity contribution >= 4 is 11.9 Å². The maximum absolute atomic E-state index is 13.7. The largest absolute Gasteiger partial charge is 0.478 e. The number of hydrogen-bond donors (Lipinski definition) is 3. The Morgan fingerprint density at radius 3 is 2.29 bits per heavy atom. The normalized spacial score (nSPS) is 11.8. The van der Waals surface area contributed by atoms with Crippen molar-refractivity contribution < 1.29 is 23.5 Å². The number of aryl methyl sites for hydroxylation is 2. The summed E-state index contributed by atoms with van der Waals surface area (Å²) in [7, 11) is 0. The summed E-state index contributed by atoms with van der Waals surface area (Å²) >= 11 is 0. The lowest BCUT2D eigenvalue weighted by Gasteiger charge is -2.20. The first-order valence-electron chi connectivity index (χ1n) is 11.6. The molecule has 3 aromatic carbocycles. The van der Waals surface area contributed by atoms with Crippen molar-refractivity contribution in [2.45, 2.75) is 45.7 Å². The third-order valence-corrected chi connectivity index (χ3v) is 5.72. The number of carboxylic acid groups (broad SMARTS) is 1. The topological polar surface area (TPSA) is 78.4 Å². The van der Waals surface area contributed by atoms with E-state index < -0.39 is 29.6 Å². The van der Waals surface area contributed by atoms with Gasteiger partial charge >= 0.3 is 5.97 Å². The van der Waals surface area contributed by atoms with Crippen LogP contribution in [0.5, 0.6) is 0 Å². The number of carbonyl (C=O) groups is 2. The van der Waals surface area contributed by atoms with Crippen LogP contribution in [0.25, 0.3) is 0 Å². The van der Waals surface area contributed by atoms with Gasteiger partial charge in [0.2, 0.25) is 0 Å². The maximum Gasteiger partial charge on any atom is 0.335 e. The number of halogens is 2. The van der Waals surface area contributed by atoms with Crippen molar-refractivity contribution in [3.05, 3.63) is 106 Å². The van der Waals surface area contributed by atoms with E-state index in [1.807, 2.05) is 12.1 Å². The lowest BCUT2D eigenvalue weighted by atomic mass is 10.0. The molecule has 0 aliphatic rings. The van der Waals surface area contributed by atoms with Gasteiger partial charge in [0.1, 0.15) is 11.6 Å². The molecule has 0 aromatic heterocycles. The first-order valence-corrected chi connectivity index (χ1v) is 11.6. The summed E-state index contributed by atoms with van der Waals surface area (Å²) in [5, 5.41) is 15.6. The Bertz CT molecular complexity index is 1180. The molecule has 1 atom stereocenters. The molecule has 7 heteroatoms. The predicted octanol–water partition coefficient (Wildman–Crippen LogP) is 5.05. The first kappa shape index (κ1) is 26.0. The van der Waals surface area contributed by atoms with Gasteiger partial charge < -0.3 is 15.7 Å². The van der Waals surface area contributed by atoms with Gasteiger partial charge in [0.25, 0.3) is 5.91 Å². The zero-order valence-corrected chi connectivity index (χ0v) is 19.9. The zero-order chi connectivity index (χ0) is 25.4. The van der Waals surface area contributed by atoms with Gasteiger partial charge in [-0.2, -0.15) is 0 Å². The summed E-state index contributed by atoms with van der Waals surface area (Å²) in [6, 6.07) is 15.6. The fourth-order valence-electron chi connectivity index (χ4n) is 4.01. The highest BCUT2D eigenvalue weighted by molar-refractivity contribution is 5.98. The number of rotatable bonds is 11. The Balaban J connectivity index is 1.70. The van der Waals surface area contributed by atoms with Crippen LogP contribution in [0.2, 0.25) is 0 Å². The van der Waals surface area contributed by atoms with Gasteiger partial charge in [-0.25, -0.2) is 13.6 Å². The number of hydrogen-bond acceptors (Lipinski definition) is 3. The van der Waals surface area contributed by atoms with Gasteiger partial charge in [0.05, 0.1) is 5.56 Å². The average Bonchev–Trinajstić information content (AvgIpc) is 2.80. The highest BCUT2D eigenvalue weighted by atomic mass is 19.1. The third-order valence-electron chi connectivity index (χ3n) is 5.72. The van der Waals surface area contributed by atoms with Crippen LogP contribution >= 0.6 is 0 Å². The van der Waals surface area contributed by atoms with E-state index in [9.17, 15) is 23.5 Å². The molecule has 0 bridgehead atoms. The van der Waals surface area contributed by atoms with E-state index in [1.165, 1.54) is 29.8 Å². The number of amides is 1. The summed E-state index contributed by atoms with van der Waals surface area (Å²) in [6.45, 7) is 5.03. The molecule has 184 valence electrons. The minimum atomic E-state index is -1.12. The molecule has 0 aliphatic heterocycles. The van der Waals surface area contributed by atoms with E-state index >= 15 is 0 Å². The molecule has 35 heavy (non-hydrogen) atoms. The number of benzene rings is 3. The zero-order valence-electron chi connectivity index (χ0n) is 19.9. The van der Waals surface area contributed by atoms with Crippen molar-refractivity contribution in [3.63, 3.8) is 0 Å². The lowest BCUT2D eigenvalue weighted by Crippen LogP contribution is -2.38. The molecule has 0 spiro atoms. The second kappa shape index (κ2) is 12.2. The molecule has 0 saturated carbocycles. The molecule has 3 rings (SSSR count). The summed E-state index contributed by atoms with van der Waals surface area (Å²) in [5.74, 6) is -2.91. The number of nitrogens with one attached hydrogen (secondary N) is 2. The van der Waals surface area contributed by atoms with Crippen LogP contribution in [-0.2, 0) is 19.4 Å². The summed E-state index contributed by atoms with van der Waals surface area (Å²) in [6.07, 6.45) is 1.69. The van der Waals surface area contributed by atoms with Crippen LogP contribution < -0.4 is 10.6 Å². The minimum absolute atomic E-state index is 0.0230. The molecule has 0 radical (unpaired) electrons. The molecule has 3 N–H and O–H groups in total. The van der Waals surface area contributed by atoms with Crippen LogP contribution in [0, 0.1) is 18.6 Å². The predicted molar refractivity (Wildman–Crippen MR) is 132 cm³/mol. The quantitative estimate of drug-likeness (QED) is 0.336. The number of carbonyl (C=O) groups excluding carboxylic acids is 1. The Labute approximate surface area is 204 Å². The fraction of sp³-hybridized carbons (Fsp3) is 0.286. The second-order valence-corrected chi connectivity index (χ2v) is 8.68. The molecular weight excluding hydrogens is 450 g/mol. The van der Waals surface area contributed by atoms with Crippen molar-refractivity contribution in [2.24, 2.45) is 0 Å². The molecule has 0 fully saturated rings. The number of aromatic carboxylic acids is 1. The van der Waals surface area contributed by atoms with Gasteiger partial charge in [-0.3, -0.25) is 4.79 Å². The van der Waals surface area contributed by atoms with E-state index in [2.05, 4.69) is 29.7 Å². The molecule has 5 nitrogen and oxygen atoms in total. The third kappa shape index (κ3) is 8.00. The van der Waals surface area contributed by atoms with Crippen LogP contribution in [0.1, 0.15) is 56.3 Å². The van der Waals surface area contributed by atoms with Gasteiger partial charge in [-0.05, 0) is 85.3 Å². The van der Waals surface area contributed by atoms with E-state index in [-0.39, 0.29) is 17.5 Å². The van der Waals surface area contributed by atoms with Gasteiger partial charge in [-0.15, -0.1) is 0 Å². The Morgan fingerprint density at radius 1 is 0.914 bits per heavy atom. The fourth-order valence-corrected chi connectivity index (χ4v) is 4.01. The molecule has 3 aromatic rings. The standard InChI is InChI=1S/C28H30F2N2O3/c1-3-19-5-4-6-20(11-19)17-31-8-7-26(14-21-12-24(29)16-25(30)13-21)32-27(33)22-9-18(2)10-23(15-22)28(34)35/h4-6,9-13,15-16,26,31H,3,7-8,14,17H2,1-2H3,(H,32,33)(H,34,35). The average molecular weight is 481 g/mol. The Hall–Kier alpha value is -3.58. The van der Waals surface area contributed by atoms with Gasteiger partial charge in [0.15, 0.2) is 0 Å². The van der Waals surface area contributed by atoms with E-state index in [0.29, 0.717) is 30.6 Å². The van der Waals surface area contributed by atoms with Crippen molar-refractivity contribution in [1.82, 2.24) is 10.6 Å². The monoisotopic (exact) mass is 480 g/mol. The maximum atomic E-state index is 13.7. The first-order chi connectivity index (χ1) is 16.7. The Morgan fingerprint density at radius 2 is 1.60 bits per heavy atom. The molecule has 0 saturated heterocycles. The van der Waals surface area contributed by atoms with Crippen LogP contribution in [0.3, 0.4) is 0 Å². The van der Waals surface area contributed by atoms with Gasteiger partial charge in [0, 0.05) is 24.2 Å². The van der Waals surface area contributed by atoms with Crippen molar-refractivity contribution in [2.75, 3.05) is 6.54 Å². The highest BCUT2D eigenvalue weighted by Crippen LogP contribution is 2.14. The summed E-state index contributed by atoms with van der Waals surface area (Å²) < 4.78 is 27.5. The number of carboxylic acids is 1. The van der Waals surface area contributed by atoms with E-state index in [1.54, 1.807) is 13.0 Å². The molecule has 1 amide bonds. The van der Waals surface area contributed by atoms with Crippen molar-refractivity contribution in [3.8, 4) is 0 Å². The second-order valence-electron chi connectivity index (χ2n) is 8.68. The summed E-state index contributed by atoms with van der Waals surface area (Å²) in [5.41, 5.74) is 3.73. The SMILES string of the molecule is CCc1cccc(CNCCC(Cc2cc(F)cc(F)c2)NC(=O)c2cc(C)cc(C(=O)O)c2)c1. The van der Waals surface area contributed by atoms with E-state index in [0.717, 1.165) is 18.1 Å².